The maximum Gasteiger partial charge on any atom is 0.252 e. The Morgan fingerprint density at radius 3 is 1.40 bits per heavy atom. The second-order valence-electron chi connectivity index (χ2n) is 14.8. The van der Waals surface area contributed by atoms with Crippen molar-refractivity contribution in [3.63, 3.8) is 0 Å². The Kier molecular flexibility index (Phi) is 15.1. The van der Waals surface area contributed by atoms with E-state index in [9.17, 15) is 9.59 Å². The van der Waals surface area contributed by atoms with Gasteiger partial charge in [-0.1, -0.05) is 104 Å². The maximum atomic E-state index is 14.0. The van der Waals surface area contributed by atoms with Gasteiger partial charge in [-0.15, -0.1) is 0 Å². The van der Waals surface area contributed by atoms with Gasteiger partial charge in [-0.2, -0.15) is 0 Å². The van der Waals surface area contributed by atoms with E-state index >= 15 is 0 Å². The average molecular weight is 603 g/mol. The molecule has 0 aromatic rings. The van der Waals surface area contributed by atoms with Gasteiger partial charge >= 0.3 is 0 Å². The predicted octanol–water partition coefficient (Wildman–Crippen LogP) is 9.29. The smallest absolute Gasteiger partial charge is 0.252 e. The van der Waals surface area contributed by atoms with Crippen LogP contribution in [0.25, 0.3) is 0 Å². The van der Waals surface area contributed by atoms with Crippen molar-refractivity contribution in [2.45, 2.75) is 205 Å². The van der Waals surface area contributed by atoms with Crippen LogP contribution in [-0.2, 0) is 19.4 Å². The summed E-state index contributed by atoms with van der Waals surface area (Å²) < 4.78 is 0. The van der Waals surface area contributed by atoms with E-state index in [1.165, 1.54) is 103 Å². The molecule has 4 rings (SSSR count). The first kappa shape index (κ1) is 34.7. The normalized spacial score (nSPS) is 23.1. The van der Waals surface area contributed by atoms with Crippen molar-refractivity contribution in [2.24, 2.45) is 5.41 Å². The molecule has 0 bridgehead atoms. The number of rotatable bonds is 16. The molecule has 0 saturated heterocycles. The van der Waals surface area contributed by atoms with Crippen LogP contribution in [0, 0.1) is 5.41 Å². The molecule has 4 fully saturated rings. The first-order chi connectivity index (χ1) is 21.1. The fourth-order valence-electron chi connectivity index (χ4n) is 8.96. The predicted molar refractivity (Wildman–Crippen MR) is 175 cm³/mol. The number of hydrogen-bond donors (Lipinski definition) is 0. The van der Waals surface area contributed by atoms with Crippen LogP contribution >= 0.6 is 0 Å². The SMILES string of the molecule is CCCCC(CC)(CCC(=O)N(C1CCCCC1)C1CCCCC1)COOCC(=O)N(C1CCCCC1)C1CCCCC1. The van der Waals surface area contributed by atoms with Gasteiger partial charge in [0, 0.05) is 30.6 Å². The van der Waals surface area contributed by atoms with Gasteiger partial charge < -0.3 is 9.80 Å². The van der Waals surface area contributed by atoms with Crippen LogP contribution < -0.4 is 0 Å². The summed E-state index contributed by atoms with van der Waals surface area (Å²) >= 11 is 0. The lowest BCUT2D eigenvalue weighted by Crippen LogP contribution is -2.50. The zero-order chi connectivity index (χ0) is 30.3. The van der Waals surface area contributed by atoms with Crippen LogP contribution in [0.5, 0.6) is 0 Å². The van der Waals surface area contributed by atoms with Crippen molar-refractivity contribution >= 4 is 11.8 Å². The Bertz CT molecular complexity index is 760. The van der Waals surface area contributed by atoms with Crippen molar-refractivity contribution in [3.05, 3.63) is 0 Å². The van der Waals surface area contributed by atoms with E-state index < -0.39 is 0 Å². The first-order valence-corrected chi connectivity index (χ1v) is 18.9. The number of unbranched alkanes of at least 4 members (excludes halogenated alkanes) is 1. The van der Waals surface area contributed by atoms with Crippen LogP contribution in [0.3, 0.4) is 0 Å². The van der Waals surface area contributed by atoms with E-state index in [1.54, 1.807) is 0 Å². The zero-order valence-electron chi connectivity index (χ0n) is 28.1. The Balaban J connectivity index is 1.33. The lowest BCUT2D eigenvalue weighted by atomic mass is 9.76. The van der Waals surface area contributed by atoms with Gasteiger partial charge in [0.2, 0.25) is 5.91 Å². The largest absolute Gasteiger partial charge is 0.337 e. The Morgan fingerprint density at radius 1 is 0.581 bits per heavy atom. The fraction of sp³-hybridized carbons (Fsp3) is 0.946. The molecule has 0 aliphatic heterocycles. The van der Waals surface area contributed by atoms with Gasteiger partial charge in [0.05, 0.1) is 6.61 Å². The molecule has 0 spiro atoms. The standard InChI is InChI=1S/C37H66N2O4/c1-3-5-27-37(4-2,28-26-35(40)38(31-18-10-6-11-19-31)32-20-12-7-13-21-32)30-43-42-29-36(41)39(33-22-14-8-15-23-33)34-24-16-9-17-25-34/h31-34H,3-30H2,1-2H3. The quantitative estimate of drug-likeness (QED) is 0.100. The summed E-state index contributed by atoms with van der Waals surface area (Å²) in [6.45, 7) is 4.95. The van der Waals surface area contributed by atoms with Crippen molar-refractivity contribution in [1.29, 1.82) is 0 Å². The number of hydrogen-bond acceptors (Lipinski definition) is 4. The van der Waals surface area contributed by atoms with Crippen molar-refractivity contribution in [3.8, 4) is 0 Å². The minimum atomic E-state index is -0.0913. The highest BCUT2D eigenvalue weighted by Crippen LogP contribution is 2.37. The van der Waals surface area contributed by atoms with E-state index in [1.807, 2.05) is 0 Å². The van der Waals surface area contributed by atoms with Crippen LogP contribution in [0.4, 0.5) is 0 Å². The summed E-state index contributed by atoms with van der Waals surface area (Å²) in [5.74, 6) is 0.486. The lowest BCUT2D eigenvalue weighted by Gasteiger charge is -2.42. The molecule has 1 unspecified atom stereocenters. The molecule has 6 heteroatoms. The van der Waals surface area contributed by atoms with Crippen molar-refractivity contribution in [2.75, 3.05) is 13.2 Å². The Morgan fingerprint density at radius 2 is 1.00 bits per heavy atom. The van der Waals surface area contributed by atoms with Gasteiger partial charge in [-0.25, -0.2) is 9.78 Å². The van der Waals surface area contributed by atoms with Gasteiger partial charge in [-0.3, -0.25) is 9.59 Å². The molecule has 43 heavy (non-hydrogen) atoms. The first-order valence-electron chi connectivity index (χ1n) is 18.9. The number of carbonyl (C=O) groups excluding carboxylic acids is 2. The Hall–Kier alpha value is -1.14. The molecule has 2 amide bonds. The Labute approximate surface area is 264 Å². The van der Waals surface area contributed by atoms with Crippen LogP contribution in [-0.4, -0.2) is 59.0 Å². The maximum absolute atomic E-state index is 14.0. The minimum Gasteiger partial charge on any atom is -0.337 e. The highest BCUT2D eigenvalue weighted by Gasteiger charge is 2.36. The topological polar surface area (TPSA) is 59.1 Å². The molecule has 4 aliphatic rings. The summed E-state index contributed by atoms with van der Waals surface area (Å²) in [4.78, 5) is 43.8. The second-order valence-corrected chi connectivity index (χ2v) is 14.8. The summed E-state index contributed by atoms with van der Waals surface area (Å²) in [6.07, 6.45) is 30.1. The summed E-state index contributed by atoms with van der Waals surface area (Å²) in [5, 5.41) is 0. The van der Waals surface area contributed by atoms with Crippen LogP contribution in [0.1, 0.15) is 181 Å². The average Bonchev–Trinajstić information content (AvgIpc) is 3.06. The van der Waals surface area contributed by atoms with Crippen molar-refractivity contribution in [1.82, 2.24) is 9.80 Å². The molecular formula is C37H66N2O4. The van der Waals surface area contributed by atoms with E-state index in [2.05, 4.69) is 23.6 Å². The van der Waals surface area contributed by atoms with E-state index in [0.29, 0.717) is 43.1 Å². The molecule has 1 atom stereocenters. The van der Waals surface area contributed by atoms with Gasteiger partial charge in [0.25, 0.3) is 5.91 Å². The molecule has 4 saturated carbocycles. The number of amides is 2. The molecule has 0 aromatic heterocycles. The third-order valence-corrected chi connectivity index (χ3v) is 11.8. The molecule has 0 heterocycles. The minimum absolute atomic E-state index is 0.0106. The number of carbonyl (C=O) groups is 2. The highest BCUT2D eigenvalue weighted by atomic mass is 17.2. The monoisotopic (exact) mass is 603 g/mol. The molecule has 4 aliphatic carbocycles. The number of nitrogens with zero attached hydrogens (tertiary/aromatic N) is 2. The summed E-state index contributed by atoms with van der Waals surface area (Å²) in [6, 6.07) is 1.62. The fourth-order valence-corrected chi connectivity index (χ4v) is 8.96. The third kappa shape index (κ3) is 10.4. The highest BCUT2D eigenvalue weighted by molar-refractivity contribution is 5.78. The van der Waals surface area contributed by atoms with Crippen molar-refractivity contribution < 1.29 is 19.4 Å². The molecular weight excluding hydrogens is 536 g/mol. The molecule has 0 aromatic carbocycles. The third-order valence-electron chi connectivity index (χ3n) is 11.8. The summed E-state index contributed by atoms with van der Waals surface area (Å²) in [7, 11) is 0. The molecule has 0 N–H and O–H groups in total. The zero-order valence-corrected chi connectivity index (χ0v) is 28.1. The summed E-state index contributed by atoms with van der Waals surface area (Å²) in [5.41, 5.74) is -0.0913. The molecule has 0 radical (unpaired) electrons. The van der Waals surface area contributed by atoms with Crippen LogP contribution in [0.15, 0.2) is 0 Å². The lowest BCUT2D eigenvalue weighted by molar-refractivity contribution is -0.308. The molecule has 6 nitrogen and oxygen atoms in total. The van der Waals surface area contributed by atoms with E-state index in [4.69, 9.17) is 9.78 Å². The van der Waals surface area contributed by atoms with Gasteiger partial charge in [0.1, 0.15) is 0 Å². The second kappa shape index (κ2) is 18.7. The van der Waals surface area contributed by atoms with Gasteiger partial charge in [-0.05, 0) is 76.0 Å². The van der Waals surface area contributed by atoms with Gasteiger partial charge in [0.15, 0.2) is 6.61 Å². The van der Waals surface area contributed by atoms with E-state index in [0.717, 1.165) is 57.8 Å². The molecule has 248 valence electrons. The van der Waals surface area contributed by atoms with E-state index in [-0.39, 0.29) is 17.9 Å². The van der Waals surface area contributed by atoms with Crippen LogP contribution in [0.2, 0.25) is 0 Å².